The van der Waals surface area contributed by atoms with E-state index in [1.807, 2.05) is 0 Å². The highest BCUT2D eigenvalue weighted by Crippen LogP contribution is 2.43. The fourth-order valence-electron chi connectivity index (χ4n) is 4.22. The predicted molar refractivity (Wildman–Crippen MR) is 130 cm³/mol. The quantitative estimate of drug-likeness (QED) is 0.334. The number of carbonyl (C=O) groups is 1. The van der Waals surface area contributed by atoms with Crippen LogP contribution in [0.5, 0.6) is 28.7 Å². The first-order valence-electron chi connectivity index (χ1n) is 11.7. The average Bonchev–Trinajstić information content (AvgIpc) is 3.34. The second-order valence-corrected chi connectivity index (χ2v) is 8.87. The van der Waals surface area contributed by atoms with Crippen molar-refractivity contribution in [2.75, 3.05) is 7.11 Å². The minimum Gasteiger partial charge on any atom is -0.507 e. The summed E-state index contributed by atoms with van der Waals surface area (Å²) in [5.41, 5.74) is 0.914. The minimum absolute atomic E-state index is 0.0328. The summed E-state index contributed by atoms with van der Waals surface area (Å²) in [6.45, 7) is 0.179. The number of hydrogen-bond donors (Lipinski definition) is 2. The van der Waals surface area contributed by atoms with Crippen LogP contribution in [-0.4, -0.2) is 38.1 Å². The van der Waals surface area contributed by atoms with Crippen LogP contribution in [0.15, 0.2) is 60.8 Å². The molecular formula is C27H22F3N3O6. The highest BCUT2D eigenvalue weighted by Gasteiger charge is 2.32. The molecule has 12 heteroatoms. The number of methoxy groups -OCH3 is 1. The van der Waals surface area contributed by atoms with Gasteiger partial charge in [0.1, 0.15) is 41.2 Å². The molecule has 0 spiro atoms. The summed E-state index contributed by atoms with van der Waals surface area (Å²) in [5.74, 6) is -0.0857. The number of nitrogens with zero attached hydrogens (tertiary/aromatic N) is 3. The van der Waals surface area contributed by atoms with Gasteiger partial charge < -0.3 is 24.4 Å². The van der Waals surface area contributed by atoms with Gasteiger partial charge in [-0.05, 0) is 35.4 Å². The van der Waals surface area contributed by atoms with Crippen molar-refractivity contribution in [3.8, 4) is 28.7 Å². The molecule has 0 fully saturated rings. The van der Waals surface area contributed by atoms with Crippen molar-refractivity contribution in [3.63, 3.8) is 0 Å². The SMILES string of the molecule is COc1ccc(C2CC(=O)c3c(O)cc(OCc4cn(Cc5ccc(C(F)(F)F)cc5)nn4)cc3O2)cc1O. The molecule has 1 aliphatic heterocycles. The first-order valence-corrected chi connectivity index (χ1v) is 11.7. The highest BCUT2D eigenvalue weighted by molar-refractivity contribution is 6.02. The molecule has 0 bridgehead atoms. The van der Waals surface area contributed by atoms with Crippen LogP contribution in [0, 0.1) is 0 Å². The number of phenolic OH excluding ortho intramolecular Hbond substituents is 2. The number of alkyl halides is 3. The van der Waals surface area contributed by atoms with Crippen LogP contribution < -0.4 is 14.2 Å². The first-order chi connectivity index (χ1) is 18.6. The summed E-state index contributed by atoms with van der Waals surface area (Å²) in [6.07, 6.45) is -3.54. The number of hydrogen-bond acceptors (Lipinski definition) is 8. The number of carbonyl (C=O) groups excluding carboxylic acids is 1. The number of phenols is 2. The lowest BCUT2D eigenvalue weighted by molar-refractivity contribution is -0.137. The molecule has 4 aromatic rings. The van der Waals surface area contributed by atoms with Crippen molar-refractivity contribution >= 4 is 5.78 Å². The molecule has 1 aliphatic rings. The summed E-state index contributed by atoms with van der Waals surface area (Å²) in [4.78, 5) is 12.8. The molecule has 2 heterocycles. The lowest BCUT2D eigenvalue weighted by Gasteiger charge is -2.26. The van der Waals surface area contributed by atoms with Crippen molar-refractivity contribution in [2.45, 2.75) is 31.9 Å². The maximum atomic E-state index is 12.8. The molecule has 0 aliphatic carbocycles. The number of rotatable bonds is 7. The van der Waals surface area contributed by atoms with Gasteiger partial charge in [-0.1, -0.05) is 23.4 Å². The Morgan fingerprint density at radius 3 is 2.54 bits per heavy atom. The number of fused-ring (bicyclic) bond motifs is 1. The van der Waals surface area contributed by atoms with E-state index in [1.54, 1.807) is 18.3 Å². The van der Waals surface area contributed by atoms with Crippen LogP contribution in [0.1, 0.15) is 45.3 Å². The Morgan fingerprint density at radius 2 is 1.85 bits per heavy atom. The number of ketones is 1. The van der Waals surface area contributed by atoms with Gasteiger partial charge in [-0.25, -0.2) is 4.68 Å². The Hall–Kier alpha value is -4.74. The second kappa shape index (κ2) is 10.2. The van der Waals surface area contributed by atoms with Gasteiger partial charge in [0, 0.05) is 12.1 Å². The predicted octanol–water partition coefficient (Wildman–Crippen LogP) is 5.05. The van der Waals surface area contributed by atoms with Crippen molar-refractivity contribution in [2.24, 2.45) is 0 Å². The fraction of sp³-hybridized carbons (Fsp3) is 0.222. The number of aromatic nitrogens is 3. The van der Waals surface area contributed by atoms with Crippen LogP contribution in [-0.2, 0) is 19.3 Å². The van der Waals surface area contributed by atoms with Crippen molar-refractivity contribution in [1.82, 2.24) is 15.0 Å². The number of halogens is 3. The molecule has 39 heavy (non-hydrogen) atoms. The molecule has 202 valence electrons. The summed E-state index contributed by atoms with van der Waals surface area (Å²) >= 11 is 0. The van der Waals surface area contributed by atoms with E-state index in [-0.39, 0.29) is 59.7 Å². The third-order valence-corrected chi connectivity index (χ3v) is 6.15. The largest absolute Gasteiger partial charge is 0.507 e. The van der Waals surface area contributed by atoms with Gasteiger partial charge >= 0.3 is 6.18 Å². The van der Waals surface area contributed by atoms with Crippen molar-refractivity contribution in [3.05, 3.63) is 88.7 Å². The van der Waals surface area contributed by atoms with Gasteiger partial charge in [0.25, 0.3) is 0 Å². The minimum atomic E-state index is -4.40. The molecule has 3 aromatic carbocycles. The molecule has 0 saturated heterocycles. The molecule has 0 amide bonds. The van der Waals surface area contributed by atoms with Gasteiger partial charge in [0.05, 0.1) is 31.8 Å². The number of benzene rings is 3. The van der Waals surface area contributed by atoms with E-state index in [4.69, 9.17) is 14.2 Å². The number of Topliss-reactive ketones (excluding diaryl/α,β-unsaturated/α-hetero) is 1. The van der Waals surface area contributed by atoms with Crippen LogP contribution in [0.25, 0.3) is 0 Å². The summed E-state index contributed by atoms with van der Waals surface area (Å²) in [6, 6.07) is 12.2. The van der Waals surface area contributed by atoms with E-state index in [0.717, 1.165) is 12.1 Å². The molecule has 1 aromatic heterocycles. The number of aromatic hydroxyl groups is 2. The maximum absolute atomic E-state index is 12.8. The van der Waals surface area contributed by atoms with Crippen molar-refractivity contribution in [1.29, 1.82) is 0 Å². The van der Waals surface area contributed by atoms with Gasteiger partial charge in [0.15, 0.2) is 17.3 Å². The normalized spacial score (nSPS) is 15.0. The standard InChI is InChI=1S/C27H22F3N3O6/c1-37-23-7-4-16(8-20(23)34)24-11-22(36)26-21(35)9-19(10-25(26)39-24)38-14-18-13-33(32-31-18)12-15-2-5-17(6-3-15)27(28,29)30/h2-10,13,24,34-35H,11-12,14H2,1H3. The van der Waals surface area contributed by atoms with Gasteiger partial charge in [-0.2, -0.15) is 13.2 Å². The zero-order valence-electron chi connectivity index (χ0n) is 20.5. The fourth-order valence-corrected chi connectivity index (χ4v) is 4.22. The van der Waals surface area contributed by atoms with Crippen LogP contribution in [0.2, 0.25) is 0 Å². The zero-order chi connectivity index (χ0) is 27.7. The zero-order valence-corrected chi connectivity index (χ0v) is 20.5. The van der Waals surface area contributed by atoms with Gasteiger partial charge in [0.2, 0.25) is 0 Å². The Balaban J connectivity index is 1.26. The first kappa shape index (κ1) is 25.9. The second-order valence-electron chi connectivity index (χ2n) is 8.87. The van der Waals surface area contributed by atoms with E-state index in [2.05, 4.69) is 10.3 Å². The van der Waals surface area contributed by atoms with E-state index in [0.29, 0.717) is 16.8 Å². The Kier molecular flexibility index (Phi) is 6.77. The lowest BCUT2D eigenvalue weighted by atomic mass is 9.95. The smallest absolute Gasteiger partial charge is 0.416 e. The summed E-state index contributed by atoms with van der Waals surface area (Å²) < 4.78 is 56.5. The summed E-state index contributed by atoms with van der Waals surface area (Å²) in [5, 5.41) is 28.5. The Morgan fingerprint density at radius 1 is 1.08 bits per heavy atom. The molecular weight excluding hydrogens is 519 g/mol. The van der Waals surface area contributed by atoms with E-state index in [1.165, 1.54) is 42.1 Å². The maximum Gasteiger partial charge on any atom is 0.416 e. The van der Waals surface area contributed by atoms with Crippen molar-refractivity contribution < 1.29 is 42.4 Å². The molecule has 5 rings (SSSR count). The van der Waals surface area contributed by atoms with Crippen LogP contribution in [0.4, 0.5) is 13.2 Å². The average molecular weight is 541 g/mol. The van der Waals surface area contributed by atoms with Gasteiger partial charge in [-0.15, -0.1) is 5.10 Å². The number of ether oxygens (including phenoxy) is 3. The van der Waals surface area contributed by atoms with Crippen LogP contribution in [0.3, 0.4) is 0 Å². The molecule has 0 radical (unpaired) electrons. The summed E-state index contributed by atoms with van der Waals surface area (Å²) in [7, 11) is 1.43. The molecule has 1 unspecified atom stereocenters. The third-order valence-electron chi connectivity index (χ3n) is 6.15. The monoisotopic (exact) mass is 541 g/mol. The Bertz CT molecular complexity index is 1520. The Labute approximate surface area is 220 Å². The molecule has 0 saturated carbocycles. The van der Waals surface area contributed by atoms with E-state index >= 15 is 0 Å². The van der Waals surface area contributed by atoms with E-state index < -0.39 is 17.8 Å². The van der Waals surface area contributed by atoms with E-state index in [9.17, 15) is 28.2 Å². The topological polar surface area (TPSA) is 116 Å². The lowest BCUT2D eigenvalue weighted by Crippen LogP contribution is -2.20. The molecule has 9 nitrogen and oxygen atoms in total. The molecule has 1 atom stereocenters. The molecule has 2 N–H and O–H groups in total. The third kappa shape index (κ3) is 5.59. The highest BCUT2D eigenvalue weighted by atomic mass is 19.4. The van der Waals surface area contributed by atoms with Crippen LogP contribution >= 0.6 is 0 Å². The van der Waals surface area contributed by atoms with Gasteiger partial charge in [-0.3, -0.25) is 4.79 Å².